The molecule has 2 rings (SSSR count). The van der Waals surface area contributed by atoms with Gasteiger partial charge in [-0.05, 0) is 31.0 Å². The van der Waals surface area contributed by atoms with E-state index in [1.165, 1.54) is 0 Å². The van der Waals surface area contributed by atoms with Crippen LogP contribution in [0.1, 0.15) is 18.9 Å². The Bertz CT molecular complexity index is 554. The van der Waals surface area contributed by atoms with Crippen LogP contribution in [-0.2, 0) is 11.2 Å². The van der Waals surface area contributed by atoms with Crippen LogP contribution in [0.25, 0.3) is 5.69 Å². The molecule has 1 heterocycles. The van der Waals surface area contributed by atoms with Crippen molar-refractivity contribution in [3.8, 4) is 5.69 Å². The summed E-state index contributed by atoms with van der Waals surface area (Å²) in [5.74, 6) is -0.00421. The van der Waals surface area contributed by atoms with E-state index in [1.54, 1.807) is 0 Å². The molecule has 0 aliphatic carbocycles. The first kappa shape index (κ1) is 17.2. The molecule has 114 valence electrons. The van der Waals surface area contributed by atoms with Gasteiger partial charge in [0.25, 0.3) is 0 Å². The van der Waals surface area contributed by atoms with Crippen molar-refractivity contribution in [1.82, 2.24) is 15.1 Å². The maximum atomic E-state index is 11.5. The van der Waals surface area contributed by atoms with E-state index in [2.05, 4.69) is 10.4 Å². The molecule has 1 aromatic heterocycles. The average Bonchev–Trinajstić information content (AvgIpc) is 2.88. The van der Waals surface area contributed by atoms with Gasteiger partial charge < -0.3 is 11.1 Å². The number of carbonyl (C=O) groups excluding carboxylic acids is 1. The zero-order valence-electron chi connectivity index (χ0n) is 12.0. The molecule has 21 heavy (non-hydrogen) atoms. The largest absolute Gasteiger partial charge is 0.356 e. The lowest BCUT2D eigenvalue weighted by molar-refractivity contribution is -0.121. The van der Waals surface area contributed by atoms with E-state index < -0.39 is 0 Å². The number of amides is 1. The van der Waals surface area contributed by atoms with Crippen LogP contribution < -0.4 is 11.1 Å². The molecule has 0 aliphatic heterocycles. The van der Waals surface area contributed by atoms with Gasteiger partial charge in [-0.15, -0.1) is 12.4 Å². The van der Waals surface area contributed by atoms with Crippen molar-refractivity contribution in [2.45, 2.75) is 25.8 Å². The Morgan fingerprint density at radius 3 is 2.76 bits per heavy atom. The fraction of sp³-hybridized carbons (Fsp3) is 0.333. The molecular formula is C15H21ClN4O. The number of benzene rings is 1. The third kappa shape index (κ3) is 5.57. The first-order valence-electron chi connectivity index (χ1n) is 6.76. The molecule has 1 atom stereocenters. The number of para-hydroxylation sites is 1. The van der Waals surface area contributed by atoms with Crippen LogP contribution in [0.5, 0.6) is 0 Å². The Morgan fingerprint density at radius 1 is 1.38 bits per heavy atom. The van der Waals surface area contributed by atoms with Crippen molar-refractivity contribution in [1.29, 1.82) is 0 Å². The fourth-order valence-electron chi connectivity index (χ4n) is 1.92. The molecule has 0 spiro atoms. The molecule has 0 saturated carbocycles. The van der Waals surface area contributed by atoms with Gasteiger partial charge >= 0.3 is 0 Å². The maximum absolute atomic E-state index is 11.5. The number of nitrogens with zero attached hydrogens (tertiary/aromatic N) is 2. The van der Waals surface area contributed by atoms with Gasteiger partial charge in [-0.2, -0.15) is 5.10 Å². The van der Waals surface area contributed by atoms with Crippen LogP contribution in [0, 0.1) is 0 Å². The van der Waals surface area contributed by atoms with E-state index in [1.807, 2.05) is 54.3 Å². The van der Waals surface area contributed by atoms with Gasteiger partial charge in [0.1, 0.15) is 0 Å². The van der Waals surface area contributed by atoms with Crippen LogP contribution in [0.4, 0.5) is 0 Å². The minimum Gasteiger partial charge on any atom is -0.356 e. The van der Waals surface area contributed by atoms with Gasteiger partial charge in [0.2, 0.25) is 5.91 Å². The van der Waals surface area contributed by atoms with Gasteiger partial charge in [0, 0.05) is 25.2 Å². The number of nitrogens with two attached hydrogens (primary N) is 1. The van der Waals surface area contributed by atoms with Crippen LogP contribution in [-0.4, -0.2) is 28.3 Å². The van der Waals surface area contributed by atoms with E-state index in [9.17, 15) is 4.79 Å². The Kier molecular flexibility index (Phi) is 6.91. The first-order chi connectivity index (χ1) is 9.65. The summed E-state index contributed by atoms with van der Waals surface area (Å²) in [6.45, 7) is 2.43. The van der Waals surface area contributed by atoms with E-state index in [-0.39, 0.29) is 24.4 Å². The lowest BCUT2D eigenvalue weighted by Gasteiger charge is -2.06. The monoisotopic (exact) mass is 308 g/mol. The SMILES string of the molecule is CC(N)CC(=O)NCCc1cnn(-c2ccccc2)c1.Cl. The third-order valence-corrected chi connectivity index (χ3v) is 2.90. The van der Waals surface area contributed by atoms with Crippen molar-refractivity contribution < 1.29 is 4.79 Å². The molecule has 0 bridgehead atoms. The highest BCUT2D eigenvalue weighted by molar-refractivity contribution is 5.85. The fourth-order valence-corrected chi connectivity index (χ4v) is 1.92. The zero-order chi connectivity index (χ0) is 14.4. The molecule has 0 fully saturated rings. The number of carbonyl (C=O) groups is 1. The number of hydrogen-bond acceptors (Lipinski definition) is 3. The molecule has 3 N–H and O–H groups in total. The maximum Gasteiger partial charge on any atom is 0.221 e. The van der Waals surface area contributed by atoms with Crippen molar-refractivity contribution in [3.63, 3.8) is 0 Å². The second kappa shape index (κ2) is 8.44. The summed E-state index contributed by atoms with van der Waals surface area (Å²) in [7, 11) is 0. The van der Waals surface area contributed by atoms with Gasteiger partial charge in [-0.1, -0.05) is 18.2 Å². The molecule has 0 aliphatic rings. The topological polar surface area (TPSA) is 72.9 Å². The van der Waals surface area contributed by atoms with Gasteiger partial charge in [-0.25, -0.2) is 4.68 Å². The van der Waals surface area contributed by atoms with E-state index in [0.717, 1.165) is 17.7 Å². The Labute approximate surface area is 130 Å². The summed E-state index contributed by atoms with van der Waals surface area (Å²) in [5.41, 5.74) is 7.69. The minimum absolute atomic E-state index is 0. The Hall–Kier alpha value is -1.85. The van der Waals surface area contributed by atoms with E-state index in [4.69, 9.17) is 5.73 Å². The molecular weight excluding hydrogens is 288 g/mol. The summed E-state index contributed by atoms with van der Waals surface area (Å²) in [5, 5.41) is 7.17. The molecule has 0 radical (unpaired) electrons. The second-order valence-electron chi connectivity index (χ2n) is 4.91. The molecule has 1 amide bonds. The number of aromatic nitrogens is 2. The van der Waals surface area contributed by atoms with Crippen LogP contribution in [0.2, 0.25) is 0 Å². The molecule has 2 aromatic rings. The molecule has 1 unspecified atom stereocenters. The second-order valence-corrected chi connectivity index (χ2v) is 4.91. The highest BCUT2D eigenvalue weighted by atomic mass is 35.5. The van der Waals surface area contributed by atoms with E-state index >= 15 is 0 Å². The van der Waals surface area contributed by atoms with Gasteiger partial charge in [0.15, 0.2) is 0 Å². The quantitative estimate of drug-likeness (QED) is 0.853. The standard InChI is InChI=1S/C15H20N4O.ClH/c1-12(16)9-15(20)17-8-7-13-10-18-19(11-13)14-5-3-2-4-6-14;/h2-6,10-12H,7-9,16H2,1H3,(H,17,20);1H. The van der Waals surface area contributed by atoms with Crippen molar-refractivity contribution >= 4 is 18.3 Å². The molecule has 0 saturated heterocycles. The van der Waals surface area contributed by atoms with Crippen LogP contribution >= 0.6 is 12.4 Å². The summed E-state index contributed by atoms with van der Waals surface area (Å²) in [6, 6.07) is 9.83. The third-order valence-electron chi connectivity index (χ3n) is 2.90. The predicted molar refractivity (Wildman–Crippen MR) is 85.8 cm³/mol. The summed E-state index contributed by atoms with van der Waals surface area (Å²) in [6.07, 6.45) is 4.93. The van der Waals surface area contributed by atoms with E-state index in [0.29, 0.717) is 13.0 Å². The molecule has 1 aromatic carbocycles. The van der Waals surface area contributed by atoms with Crippen molar-refractivity contribution in [2.75, 3.05) is 6.54 Å². The smallest absolute Gasteiger partial charge is 0.221 e. The normalized spacial score (nSPS) is 11.5. The average molecular weight is 309 g/mol. The molecule has 5 nitrogen and oxygen atoms in total. The Morgan fingerprint density at radius 2 is 2.10 bits per heavy atom. The summed E-state index contributed by atoms with van der Waals surface area (Å²) < 4.78 is 1.83. The highest BCUT2D eigenvalue weighted by Crippen LogP contribution is 2.07. The predicted octanol–water partition coefficient (Wildman–Crippen LogP) is 1.69. The Balaban J connectivity index is 0.00000220. The lowest BCUT2D eigenvalue weighted by Crippen LogP contribution is -2.31. The lowest BCUT2D eigenvalue weighted by atomic mass is 10.2. The summed E-state index contributed by atoms with van der Waals surface area (Å²) in [4.78, 5) is 11.5. The minimum atomic E-state index is -0.101. The van der Waals surface area contributed by atoms with Crippen LogP contribution in [0.3, 0.4) is 0 Å². The van der Waals surface area contributed by atoms with Crippen molar-refractivity contribution in [2.24, 2.45) is 5.73 Å². The number of nitrogens with one attached hydrogen (secondary N) is 1. The molecule has 6 heteroatoms. The first-order valence-corrected chi connectivity index (χ1v) is 6.76. The summed E-state index contributed by atoms with van der Waals surface area (Å²) >= 11 is 0. The van der Waals surface area contributed by atoms with Gasteiger partial charge in [0.05, 0.1) is 11.9 Å². The van der Waals surface area contributed by atoms with Crippen molar-refractivity contribution in [3.05, 3.63) is 48.3 Å². The number of halogens is 1. The number of rotatable bonds is 6. The zero-order valence-corrected chi connectivity index (χ0v) is 12.8. The van der Waals surface area contributed by atoms with Gasteiger partial charge in [-0.3, -0.25) is 4.79 Å². The highest BCUT2D eigenvalue weighted by Gasteiger charge is 2.05. The van der Waals surface area contributed by atoms with Crippen LogP contribution in [0.15, 0.2) is 42.7 Å². The number of hydrogen-bond donors (Lipinski definition) is 2.